The van der Waals surface area contributed by atoms with E-state index < -0.39 is 12.1 Å². The quantitative estimate of drug-likeness (QED) is 0.0422. The second-order valence-corrected chi connectivity index (χ2v) is 19.0. The van der Waals surface area contributed by atoms with Crippen LogP contribution in [0.2, 0.25) is 0 Å². The minimum Gasteiger partial charge on any atom is -0.394 e. The molecule has 352 valence electrons. The molecule has 0 saturated carbocycles. The monoisotopic (exact) mass is 832 g/mol. The summed E-state index contributed by atoms with van der Waals surface area (Å²) in [6.45, 7) is 4.35. The van der Waals surface area contributed by atoms with Gasteiger partial charge in [0.2, 0.25) is 5.91 Å². The Hall–Kier alpha value is -0.870. The molecule has 4 nitrogen and oxygen atoms in total. The molecule has 59 heavy (non-hydrogen) atoms. The fraction of sp³-hybridized carbons (Fsp3) is 0.945. The number of aliphatic hydroxyl groups excluding tert-OH is 2. The largest absolute Gasteiger partial charge is 0.394 e. The Balaban J connectivity index is 3.44. The van der Waals surface area contributed by atoms with Crippen LogP contribution in [0.15, 0.2) is 12.2 Å². The lowest BCUT2D eigenvalue weighted by Crippen LogP contribution is -2.45. The van der Waals surface area contributed by atoms with E-state index in [9.17, 15) is 15.0 Å². The van der Waals surface area contributed by atoms with Gasteiger partial charge in [-0.15, -0.1) is 0 Å². The zero-order valence-corrected chi connectivity index (χ0v) is 40.6. The van der Waals surface area contributed by atoms with Gasteiger partial charge in [-0.05, 0) is 19.3 Å². The summed E-state index contributed by atoms with van der Waals surface area (Å²) in [5.41, 5.74) is 0. The number of hydrogen-bond acceptors (Lipinski definition) is 3. The molecule has 0 saturated heterocycles. The molecule has 3 N–H and O–H groups in total. The van der Waals surface area contributed by atoms with E-state index in [0.717, 1.165) is 25.7 Å². The number of allylic oxidation sites excluding steroid dienone is 1. The number of carbonyl (C=O) groups is 1. The highest BCUT2D eigenvalue weighted by Crippen LogP contribution is 2.18. The molecule has 0 heterocycles. The summed E-state index contributed by atoms with van der Waals surface area (Å²) in [6.07, 6.45) is 66.6. The molecule has 0 bridgehead atoms. The lowest BCUT2D eigenvalue weighted by Gasteiger charge is -2.20. The Morgan fingerprint density at radius 2 is 0.627 bits per heavy atom. The van der Waals surface area contributed by atoms with E-state index in [4.69, 9.17) is 0 Å². The molecule has 0 spiro atoms. The van der Waals surface area contributed by atoms with Crippen LogP contribution in [-0.4, -0.2) is 34.9 Å². The van der Waals surface area contributed by atoms with Crippen molar-refractivity contribution >= 4 is 5.91 Å². The molecule has 0 aromatic carbocycles. The van der Waals surface area contributed by atoms with Gasteiger partial charge in [-0.3, -0.25) is 4.79 Å². The average Bonchev–Trinajstić information content (AvgIpc) is 3.24. The summed E-state index contributed by atoms with van der Waals surface area (Å²) >= 11 is 0. The van der Waals surface area contributed by atoms with E-state index >= 15 is 0 Å². The Morgan fingerprint density at radius 1 is 0.390 bits per heavy atom. The number of carbonyl (C=O) groups excluding carboxylic acids is 1. The summed E-state index contributed by atoms with van der Waals surface area (Å²) < 4.78 is 0. The Labute approximate surface area is 371 Å². The van der Waals surface area contributed by atoms with Crippen molar-refractivity contribution in [1.29, 1.82) is 0 Å². The van der Waals surface area contributed by atoms with E-state index in [1.165, 1.54) is 270 Å². The molecule has 4 heteroatoms. The van der Waals surface area contributed by atoms with E-state index in [1.807, 2.05) is 6.08 Å². The first-order chi connectivity index (χ1) is 29.2. The van der Waals surface area contributed by atoms with Gasteiger partial charge in [-0.1, -0.05) is 302 Å². The van der Waals surface area contributed by atoms with Crippen molar-refractivity contribution in [2.45, 2.75) is 328 Å². The van der Waals surface area contributed by atoms with Crippen molar-refractivity contribution in [3.05, 3.63) is 12.2 Å². The van der Waals surface area contributed by atoms with Crippen LogP contribution in [0.3, 0.4) is 0 Å². The number of aliphatic hydroxyl groups is 2. The number of unbranched alkanes of at least 4 members (excludes halogenated alkanes) is 44. The molecule has 0 rings (SSSR count). The molecule has 0 aliphatic heterocycles. The molecule has 2 unspecified atom stereocenters. The van der Waals surface area contributed by atoms with Gasteiger partial charge in [-0.25, -0.2) is 0 Å². The standard InChI is InChI=1S/C55H109NO3/c1-3-5-7-9-11-13-15-17-19-21-23-24-25-26-27-28-29-30-31-33-35-37-39-41-43-45-47-49-51-55(59)56-53(52-57)54(58)50-48-46-44-42-40-38-36-34-32-22-20-18-16-14-12-10-8-6-4-2/h48,50,53-54,57-58H,3-47,49,51-52H2,1-2H3,(H,56,59)/b50-48+. The van der Waals surface area contributed by atoms with Crippen LogP contribution < -0.4 is 5.32 Å². The molecule has 0 aliphatic carbocycles. The fourth-order valence-electron chi connectivity index (χ4n) is 8.83. The molecule has 0 aliphatic rings. The third-order valence-corrected chi connectivity index (χ3v) is 13.0. The summed E-state index contributed by atoms with van der Waals surface area (Å²) in [5, 5.41) is 23.1. The maximum absolute atomic E-state index is 12.5. The summed E-state index contributed by atoms with van der Waals surface area (Å²) in [7, 11) is 0. The zero-order chi connectivity index (χ0) is 42.8. The van der Waals surface area contributed by atoms with Crippen molar-refractivity contribution in [3.8, 4) is 0 Å². The van der Waals surface area contributed by atoms with Crippen molar-refractivity contribution in [2.24, 2.45) is 0 Å². The van der Waals surface area contributed by atoms with Gasteiger partial charge >= 0.3 is 0 Å². The third kappa shape index (κ3) is 48.0. The number of nitrogens with one attached hydrogen (secondary N) is 1. The van der Waals surface area contributed by atoms with Gasteiger partial charge < -0.3 is 15.5 Å². The van der Waals surface area contributed by atoms with Gasteiger partial charge in [0.25, 0.3) is 0 Å². The van der Waals surface area contributed by atoms with E-state index in [2.05, 4.69) is 19.2 Å². The molecule has 0 aromatic rings. The predicted molar refractivity (Wildman–Crippen MR) is 263 cm³/mol. The van der Waals surface area contributed by atoms with Crippen LogP contribution in [0.5, 0.6) is 0 Å². The molecule has 0 fully saturated rings. The maximum Gasteiger partial charge on any atom is 0.220 e. The lowest BCUT2D eigenvalue weighted by molar-refractivity contribution is -0.123. The molecule has 0 aromatic heterocycles. The first-order valence-electron chi connectivity index (χ1n) is 27.4. The molecule has 0 radical (unpaired) electrons. The van der Waals surface area contributed by atoms with Gasteiger partial charge in [0, 0.05) is 6.42 Å². The van der Waals surface area contributed by atoms with Crippen molar-refractivity contribution in [3.63, 3.8) is 0 Å². The van der Waals surface area contributed by atoms with Crippen LogP contribution in [0.4, 0.5) is 0 Å². The number of rotatable bonds is 51. The van der Waals surface area contributed by atoms with Crippen molar-refractivity contribution in [1.82, 2.24) is 5.32 Å². The second kappa shape index (κ2) is 51.5. The minimum absolute atomic E-state index is 0.0560. The van der Waals surface area contributed by atoms with E-state index in [1.54, 1.807) is 6.08 Å². The zero-order valence-electron chi connectivity index (χ0n) is 40.6. The fourth-order valence-corrected chi connectivity index (χ4v) is 8.83. The third-order valence-electron chi connectivity index (χ3n) is 13.0. The first-order valence-corrected chi connectivity index (χ1v) is 27.4. The topological polar surface area (TPSA) is 69.6 Å². The average molecular weight is 832 g/mol. The second-order valence-electron chi connectivity index (χ2n) is 19.0. The molecular weight excluding hydrogens is 723 g/mol. The Bertz CT molecular complexity index is 814. The van der Waals surface area contributed by atoms with Gasteiger partial charge in [0.05, 0.1) is 18.8 Å². The molecular formula is C55H109NO3. The summed E-state index contributed by atoms with van der Waals surface area (Å²) in [4.78, 5) is 12.5. The number of amides is 1. The van der Waals surface area contributed by atoms with Gasteiger partial charge in [0.15, 0.2) is 0 Å². The number of hydrogen-bond donors (Lipinski definition) is 3. The predicted octanol–water partition coefficient (Wildman–Crippen LogP) is 17.8. The first kappa shape index (κ1) is 58.1. The lowest BCUT2D eigenvalue weighted by atomic mass is 10.0. The van der Waals surface area contributed by atoms with Crippen LogP contribution in [-0.2, 0) is 4.79 Å². The highest BCUT2D eigenvalue weighted by atomic mass is 16.3. The molecule has 2 atom stereocenters. The minimum atomic E-state index is -0.835. The summed E-state index contributed by atoms with van der Waals surface area (Å²) in [6, 6.07) is -0.618. The SMILES string of the molecule is CCCCCCCCCCCCCCCCCCC/C=C/C(O)C(CO)NC(=O)CCCCCCCCCCCCCCCCCCCCCCCCCCCCCC. The maximum atomic E-state index is 12.5. The Kier molecular flexibility index (Phi) is 50.7. The normalized spacial score (nSPS) is 12.8. The van der Waals surface area contributed by atoms with Crippen LogP contribution in [0.25, 0.3) is 0 Å². The van der Waals surface area contributed by atoms with Crippen molar-refractivity contribution < 1.29 is 15.0 Å². The van der Waals surface area contributed by atoms with E-state index in [-0.39, 0.29) is 12.5 Å². The van der Waals surface area contributed by atoms with Crippen LogP contribution >= 0.6 is 0 Å². The highest BCUT2D eigenvalue weighted by Gasteiger charge is 2.18. The van der Waals surface area contributed by atoms with Crippen LogP contribution in [0.1, 0.15) is 316 Å². The molecule has 1 amide bonds. The van der Waals surface area contributed by atoms with Crippen LogP contribution in [0, 0.1) is 0 Å². The summed E-state index contributed by atoms with van der Waals surface area (Å²) in [5.74, 6) is -0.0560. The highest BCUT2D eigenvalue weighted by molar-refractivity contribution is 5.76. The van der Waals surface area contributed by atoms with Gasteiger partial charge in [0.1, 0.15) is 0 Å². The smallest absolute Gasteiger partial charge is 0.220 e. The van der Waals surface area contributed by atoms with E-state index in [0.29, 0.717) is 6.42 Å². The van der Waals surface area contributed by atoms with Gasteiger partial charge in [-0.2, -0.15) is 0 Å². The Morgan fingerprint density at radius 3 is 0.881 bits per heavy atom. The van der Waals surface area contributed by atoms with Crippen molar-refractivity contribution in [2.75, 3.05) is 6.61 Å².